The van der Waals surface area contributed by atoms with Crippen molar-refractivity contribution < 1.29 is 0 Å². The van der Waals surface area contributed by atoms with Gasteiger partial charge in [-0.15, -0.1) is 0 Å². The maximum atomic E-state index is 12.5. The molecule has 1 fully saturated rings. The van der Waals surface area contributed by atoms with Crippen LogP contribution in [0.25, 0.3) is 28.3 Å². The standard InChI is InChI=1S/C18H17N7O/c26-16-15(12-4-2-1-3-5-13(12)21-16)14-10-25-11-20-17(23-18(25)22-14)24-8-6-19-7-9-24/h1-5,10-11,19H,6-9H2,(H,21,26). The number of nitrogens with one attached hydrogen (secondary N) is 2. The van der Waals surface area contributed by atoms with Crippen LogP contribution < -0.4 is 15.8 Å². The number of nitrogens with zero attached hydrogens (tertiary/aromatic N) is 5. The lowest BCUT2D eigenvalue weighted by Crippen LogP contribution is -2.44. The van der Waals surface area contributed by atoms with Crippen molar-refractivity contribution in [3.8, 4) is 22.5 Å². The first-order chi connectivity index (χ1) is 12.8. The molecule has 2 aliphatic heterocycles. The van der Waals surface area contributed by atoms with Gasteiger partial charge in [-0.05, 0) is 6.07 Å². The normalized spacial score (nSPS) is 15.0. The summed E-state index contributed by atoms with van der Waals surface area (Å²) in [7, 11) is 0. The van der Waals surface area contributed by atoms with E-state index in [1.54, 1.807) is 16.9 Å². The van der Waals surface area contributed by atoms with Crippen molar-refractivity contribution in [3.05, 3.63) is 53.2 Å². The molecule has 1 saturated heterocycles. The van der Waals surface area contributed by atoms with Crippen LogP contribution in [0.3, 0.4) is 0 Å². The number of aromatic amines is 1. The lowest BCUT2D eigenvalue weighted by Gasteiger charge is -2.26. The molecular formula is C18H17N7O. The minimum Gasteiger partial charge on any atom is -0.338 e. The molecule has 0 saturated carbocycles. The quantitative estimate of drug-likeness (QED) is 0.562. The predicted molar refractivity (Wildman–Crippen MR) is 98.5 cm³/mol. The summed E-state index contributed by atoms with van der Waals surface area (Å²) in [4.78, 5) is 31.1. The molecular weight excluding hydrogens is 330 g/mol. The molecule has 130 valence electrons. The van der Waals surface area contributed by atoms with E-state index in [9.17, 15) is 4.79 Å². The molecule has 2 aromatic rings. The van der Waals surface area contributed by atoms with Gasteiger partial charge in [-0.3, -0.25) is 9.20 Å². The largest absolute Gasteiger partial charge is 0.338 e. The Morgan fingerprint density at radius 2 is 1.88 bits per heavy atom. The SMILES string of the molecule is O=c1[nH]c2cccccc-2c1-c1cn2cnc(N3CCNCC3)nc2n1. The average molecular weight is 347 g/mol. The Bertz CT molecular complexity index is 1110. The van der Waals surface area contributed by atoms with Crippen molar-refractivity contribution in [3.63, 3.8) is 0 Å². The Hall–Kier alpha value is -3.26. The van der Waals surface area contributed by atoms with Gasteiger partial charge in [-0.2, -0.15) is 4.98 Å². The summed E-state index contributed by atoms with van der Waals surface area (Å²) in [6.45, 7) is 3.57. The molecule has 2 aromatic heterocycles. The van der Waals surface area contributed by atoms with Gasteiger partial charge in [-0.1, -0.05) is 24.3 Å². The van der Waals surface area contributed by atoms with Crippen LogP contribution in [-0.2, 0) is 0 Å². The van der Waals surface area contributed by atoms with Gasteiger partial charge in [-0.25, -0.2) is 9.97 Å². The van der Waals surface area contributed by atoms with Gasteiger partial charge in [0.25, 0.3) is 5.56 Å². The van der Waals surface area contributed by atoms with Crippen molar-refractivity contribution in [2.45, 2.75) is 0 Å². The molecule has 0 atom stereocenters. The minimum atomic E-state index is -0.148. The lowest BCUT2D eigenvalue weighted by molar-refractivity contribution is 0.579. The summed E-state index contributed by atoms with van der Waals surface area (Å²) in [6, 6.07) is 9.55. The van der Waals surface area contributed by atoms with Crippen LogP contribution in [0.1, 0.15) is 0 Å². The highest BCUT2D eigenvalue weighted by molar-refractivity contribution is 5.81. The number of piperazine rings is 1. The fraction of sp³-hybridized carbons (Fsp3) is 0.222. The third kappa shape index (κ3) is 2.42. The highest BCUT2D eigenvalue weighted by Gasteiger charge is 2.19. The Labute approximate surface area is 148 Å². The van der Waals surface area contributed by atoms with Gasteiger partial charge in [0, 0.05) is 43.6 Å². The number of H-pyrrole nitrogens is 1. The molecule has 0 bridgehead atoms. The van der Waals surface area contributed by atoms with Crippen LogP contribution in [0, 0.1) is 0 Å². The maximum Gasteiger partial charge on any atom is 0.258 e. The fourth-order valence-corrected chi connectivity index (χ4v) is 3.36. The first kappa shape index (κ1) is 15.0. The summed E-state index contributed by atoms with van der Waals surface area (Å²) >= 11 is 0. The number of aromatic nitrogens is 5. The van der Waals surface area contributed by atoms with E-state index in [1.807, 2.05) is 30.3 Å². The van der Waals surface area contributed by atoms with Crippen molar-refractivity contribution in [2.75, 3.05) is 31.1 Å². The van der Waals surface area contributed by atoms with Gasteiger partial charge in [0.1, 0.15) is 6.33 Å². The smallest absolute Gasteiger partial charge is 0.258 e. The van der Waals surface area contributed by atoms with Gasteiger partial charge in [0.15, 0.2) is 0 Å². The van der Waals surface area contributed by atoms with Crippen molar-refractivity contribution in [1.29, 1.82) is 0 Å². The van der Waals surface area contributed by atoms with Crippen LogP contribution in [0.4, 0.5) is 5.95 Å². The second-order valence-corrected chi connectivity index (χ2v) is 6.29. The molecule has 0 spiro atoms. The van der Waals surface area contributed by atoms with Crippen LogP contribution in [0.5, 0.6) is 0 Å². The Kier molecular flexibility index (Phi) is 3.42. The molecule has 5 rings (SSSR count). The molecule has 8 heteroatoms. The van der Waals surface area contributed by atoms with E-state index in [0.29, 0.717) is 23.0 Å². The van der Waals surface area contributed by atoms with E-state index < -0.39 is 0 Å². The third-order valence-corrected chi connectivity index (χ3v) is 4.65. The van der Waals surface area contributed by atoms with E-state index in [-0.39, 0.29) is 5.56 Å². The highest BCUT2D eigenvalue weighted by Crippen LogP contribution is 2.28. The number of fused-ring (bicyclic) bond motifs is 2. The predicted octanol–water partition coefficient (Wildman–Crippen LogP) is 0.994. The van der Waals surface area contributed by atoms with Gasteiger partial charge < -0.3 is 15.2 Å². The van der Waals surface area contributed by atoms with Gasteiger partial charge in [0.05, 0.1) is 11.3 Å². The molecule has 1 aliphatic carbocycles. The second-order valence-electron chi connectivity index (χ2n) is 6.29. The molecule has 0 radical (unpaired) electrons. The Balaban J connectivity index is 1.61. The van der Waals surface area contributed by atoms with Crippen LogP contribution in [-0.4, -0.2) is 50.5 Å². The summed E-state index contributed by atoms with van der Waals surface area (Å²) in [5, 5.41) is 3.31. The zero-order chi connectivity index (χ0) is 17.5. The number of anilines is 1. The summed E-state index contributed by atoms with van der Waals surface area (Å²) in [5.41, 5.74) is 2.65. The molecule has 8 nitrogen and oxygen atoms in total. The van der Waals surface area contributed by atoms with Gasteiger partial charge >= 0.3 is 0 Å². The fourth-order valence-electron chi connectivity index (χ4n) is 3.36. The monoisotopic (exact) mass is 347 g/mol. The number of rotatable bonds is 2. The minimum absolute atomic E-state index is 0.148. The summed E-state index contributed by atoms with van der Waals surface area (Å²) < 4.78 is 1.75. The van der Waals surface area contributed by atoms with E-state index >= 15 is 0 Å². The van der Waals surface area contributed by atoms with E-state index in [0.717, 1.165) is 37.4 Å². The zero-order valence-electron chi connectivity index (χ0n) is 14.0. The highest BCUT2D eigenvalue weighted by atomic mass is 16.1. The molecule has 0 unspecified atom stereocenters. The first-order valence-corrected chi connectivity index (χ1v) is 8.58. The number of hydrogen-bond donors (Lipinski definition) is 2. The molecule has 4 heterocycles. The molecule has 3 aliphatic rings. The number of hydrogen-bond acceptors (Lipinski definition) is 6. The molecule has 2 N–H and O–H groups in total. The number of imidazole rings is 1. The molecule has 0 aromatic carbocycles. The maximum absolute atomic E-state index is 12.5. The Morgan fingerprint density at radius 3 is 2.77 bits per heavy atom. The van der Waals surface area contributed by atoms with Crippen LogP contribution in [0.2, 0.25) is 0 Å². The lowest BCUT2D eigenvalue weighted by atomic mass is 10.1. The molecule has 0 amide bonds. The van der Waals surface area contributed by atoms with Crippen molar-refractivity contribution in [2.24, 2.45) is 0 Å². The van der Waals surface area contributed by atoms with Crippen molar-refractivity contribution >= 4 is 11.7 Å². The zero-order valence-corrected chi connectivity index (χ0v) is 14.0. The second kappa shape index (κ2) is 5.92. The van der Waals surface area contributed by atoms with Crippen LogP contribution in [0.15, 0.2) is 47.7 Å². The van der Waals surface area contributed by atoms with E-state index in [2.05, 4.69) is 30.2 Å². The Morgan fingerprint density at radius 1 is 1.04 bits per heavy atom. The van der Waals surface area contributed by atoms with Gasteiger partial charge in [0.2, 0.25) is 11.7 Å². The first-order valence-electron chi connectivity index (χ1n) is 8.58. The topological polar surface area (TPSA) is 91.2 Å². The third-order valence-electron chi connectivity index (χ3n) is 4.65. The summed E-state index contributed by atoms with van der Waals surface area (Å²) in [5.74, 6) is 1.21. The summed E-state index contributed by atoms with van der Waals surface area (Å²) in [6.07, 6.45) is 3.50. The van der Waals surface area contributed by atoms with E-state index in [1.165, 1.54) is 0 Å². The molecule has 26 heavy (non-hydrogen) atoms. The van der Waals surface area contributed by atoms with Crippen LogP contribution >= 0.6 is 0 Å². The van der Waals surface area contributed by atoms with E-state index in [4.69, 9.17) is 0 Å². The average Bonchev–Trinajstić information content (AvgIpc) is 3.13. The van der Waals surface area contributed by atoms with Crippen molar-refractivity contribution in [1.82, 2.24) is 29.7 Å².